The van der Waals surface area contributed by atoms with Gasteiger partial charge in [0.1, 0.15) is 11.3 Å². The van der Waals surface area contributed by atoms with Gasteiger partial charge in [-0.05, 0) is 36.5 Å². The quantitative estimate of drug-likeness (QED) is 0.549. The van der Waals surface area contributed by atoms with E-state index in [4.69, 9.17) is 0 Å². The van der Waals surface area contributed by atoms with Crippen LogP contribution in [-0.4, -0.2) is 35.0 Å². The highest BCUT2D eigenvalue weighted by molar-refractivity contribution is 5.96. The van der Waals surface area contributed by atoms with Crippen LogP contribution in [0.1, 0.15) is 40.6 Å². The lowest BCUT2D eigenvalue weighted by Crippen LogP contribution is -2.31. The summed E-state index contributed by atoms with van der Waals surface area (Å²) in [6.45, 7) is 0.631. The Morgan fingerprint density at radius 3 is 2.86 bits per heavy atom. The number of nitrogens with zero attached hydrogens (tertiary/aromatic N) is 6. The molecule has 4 aromatic heterocycles. The second-order valence-corrected chi connectivity index (χ2v) is 7.49. The number of rotatable bonds is 6. The lowest BCUT2D eigenvalue weighted by atomic mass is 10.1. The average molecular weight is 387 g/mol. The molecular formula is C21H21N7O. The summed E-state index contributed by atoms with van der Waals surface area (Å²) in [5.41, 5.74) is 3.01. The zero-order valence-corrected chi connectivity index (χ0v) is 16.1. The first-order chi connectivity index (χ1) is 14.2. The van der Waals surface area contributed by atoms with Crippen LogP contribution in [0.15, 0.2) is 55.5 Å². The van der Waals surface area contributed by atoms with Crippen LogP contribution >= 0.6 is 0 Å². The van der Waals surface area contributed by atoms with E-state index < -0.39 is 0 Å². The third-order valence-corrected chi connectivity index (χ3v) is 5.31. The number of pyridine rings is 2. The number of nitrogens with one attached hydrogen (secondary N) is 1. The molecule has 1 N–H and O–H groups in total. The van der Waals surface area contributed by atoms with E-state index in [1.165, 1.54) is 0 Å². The predicted octanol–water partition coefficient (Wildman–Crippen LogP) is 2.49. The molecular weight excluding hydrogens is 366 g/mol. The molecule has 0 bridgehead atoms. The molecule has 29 heavy (non-hydrogen) atoms. The molecule has 0 saturated heterocycles. The molecule has 0 spiro atoms. The smallest absolute Gasteiger partial charge is 0.253 e. The fourth-order valence-electron chi connectivity index (χ4n) is 3.60. The van der Waals surface area contributed by atoms with E-state index in [2.05, 4.69) is 25.3 Å². The van der Waals surface area contributed by atoms with Crippen molar-refractivity contribution in [2.75, 3.05) is 0 Å². The van der Waals surface area contributed by atoms with Crippen molar-refractivity contribution in [3.05, 3.63) is 72.5 Å². The largest absolute Gasteiger partial charge is 0.342 e. The lowest BCUT2D eigenvalue weighted by Gasteiger charge is -2.18. The van der Waals surface area contributed by atoms with Gasteiger partial charge >= 0.3 is 0 Å². The Balaban J connectivity index is 1.37. The molecule has 1 aliphatic carbocycles. The van der Waals surface area contributed by atoms with Crippen LogP contribution in [-0.2, 0) is 13.6 Å². The molecule has 0 aliphatic heterocycles. The fourth-order valence-corrected chi connectivity index (χ4v) is 3.60. The highest BCUT2D eigenvalue weighted by atomic mass is 16.1. The Labute approximate surface area is 167 Å². The Hall–Kier alpha value is -3.55. The Bertz CT molecular complexity index is 1160. The number of carbonyl (C=O) groups excluding carboxylic acids is 1. The normalized spacial score (nSPS) is 14.8. The molecule has 1 atom stereocenters. The minimum absolute atomic E-state index is 0.0821. The number of fused-ring (bicyclic) bond motifs is 1. The molecule has 8 nitrogen and oxygen atoms in total. The summed E-state index contributed by atoms with van der Waals surface area (Å²) in [5, 5.41) is 3.14. The maximum absolute atomic E-state index is 12.9. The third kappa shape index (κ3) is 3.49. The summed E-state index contributed by atoms with van der Waals surface area (Å²) >= 11 is 0. The summed E-state index contributed by atoms with van der Waals surface area (Å²) < 4.78 is 3.92. The molecule has 5 rings (SSSR count). The van der Waals surface area contributed by atoms with Crippen molar-refractivity contribution < 1.29 is 4.79 Å². The van der Waals surface area contributed by atoms with Crippen molar-refractivity contribution in [2.24, 2.45) is 13.0 Å². The average Bonchev–Trinajstić information content (AvgIpc) is 3.39. The molecule has 8 heteroatoms. The first kappa shape index (κ1) is 17.5. The molecule has 0 aromatic carbocycles. The van der Waals surface area contributed by atoms with Gasteiger partial charge in [0.05, 0.1) is 24.5 Å². The van der Waals surface area contributed by atoms with Gasteiger partial charge in [-0.3, -0.25) is 9.78 Å². The first-order valence-corrected chi connectivity index (χ1v) is 9.67. The summed E-state index contributed by atoms with van der Waals surface area (Å²) in [4.78, 5) is 30.4. The highest BCUT2D eigenvalue weighted by Crippen LogP contribution is 2.40. The van der Waals surface area contributed by atoms with Crippen LogP contribution in [0.25, 0.3) is 11.2 Å². The number of hydrogen-bond donors (Lipinski definition) is 1. The van der Waals surface area contributed by atoms with Crippen molar-refractivity contribution in [2.45, 2.75) is 25.4 Å². The van der Waals surface area contributed by atoms with Crippen molar-refractivity contribution in [1.29, 1.82) is 0 Å². The van der Waals surface area contributed by atoms with Gasteiger partial charge in [-0.15, -0.1) is 0 Å². The molecule has 1 amide bonds. The van der Waals surface area contributed by atoms with Gasteiger partial charge in [0.25, 0.3) is 5.91 Å². The molecule has 0 radical (unpaired) electrons. The zero-order valence-electron chi connectivity index (χ0n) is 16.1. The van der Waals surface area contributed by atoms with Gasteiger partial charge in [-0.2, -0.15) is 0 Å². The van der Waals surface area contributed by atoms with Crippen molar-refractivity contribution in [1.82, 2.24) is 34.4 Å². The number of aryl methyl sites for hydroxylation is 1. The van der Waals surface area contributed by atoms with Crippen LogP contribution in [0, 0.1) is 5.92 Å². The van der Waals surface area contributed by atoms with Crippen molar-refractivity contribution in [3.8, 4) is 0 Å². The molecule has 1 fully saturated rings. The van der Waals surface area contributed by atoms with Gasteiger partial charge in [0.15, 0.2) is 5.65 Å². The third-order valence-electron chi connectivity index (χ3n) is 5.31. The number of hydrogen-bond acceptors (Lipinski definition) is 5. The van der Waals surface area contributed by atoms with E-state index in [1.54, 1.807) is 31.0 Å². The maximum atomic E-state index is 12.9. The molecule has 4 heterocycles. The molecule has 1 aliphatic rings. The number of imidazole rings is 2. The summed E-state index contributed by atoms with van der Waals surface area (Å²) in [6.07, 6.45) is 12.8. The standard InChI is InChI=1S/C21H21N7O/c1-27-8-7-23-20(27)18(15-4-5-15)26-21(29)16-9-17-19(24-11-16)28(13-25-17)12-14-3-2-6-22-10-14/h2-3,6-11,13,15,18H,4-5,12H2,1H3,(H,26,29). The predicted molar refractivity (Wildman–Crippen MR) is 107 cm³/mol. The van der Waals surface area contributed by atoms with E-state index in [9.17, 15) is 4.79 Å². The Morgan fingerprint density at radius 1 is 1.24 bits per heavy atom. The van der Waals surface area contributed by atoms with E-state index >= 15 is 0 Å². The van der Waals surface area contributed by atoms with Crippen molar-refractivity contribution in [3.63, 3.8) is 0 Å². The molecule has 1 saturated carbocycles. The van der Waals surface area contributed by atoms with Crippen molar-refractivity contribution >= 4 is 17.1 Å². The van der Waals surface area contributed by atoms with E-state index in [1.807, 2.05) is 40.7 Å². The molecule has 1 unspecified atom stereocenters. The number of aromatic nitrogens is 6. The minimum Gasteiger partial charge on any atom is -0.342 e. The highest BCUT2D eigenvalue weighted by Gasteiger charge is 2.36. The lowest BCUT2D eigenvalue weighted by molar-refractivity contribution is 0.0928. The maximum Gasteiger partial charge on any atom is 0.253 e. The van der Waals surface area contributed by atoms with E-state index in [0.717, 1.165) is 29.9 Å². The summed E-state index contributed by atoms with van der Waals surface area (Å²) in [7, 11) is 1.95. The second-order valence-electron chi connectivity index (χ2n) is 7.49. The van der Waals surface area contributed by atoms with Gasteiger partial charge in [-0.1, -0.05) is 6.07 Å². The van der Waals surface area contributed by atoms with Crippen LogP contribution in [0.2, 0.25) is 0 Å². The second kappa shape index (κ2) is 7.12. The van der Waals surface area contributed by atoms with Crippen LogP contribution in [0.4, 0.5) is 0 Å². The van der Waals surface area contributed by atoms with E-state index in [0.29, 0.717) is 23.5 Å². The summed E-state index contributed by atoms with van der Waals surface area (Å²) in [6, 6.07) is 5.62. The Morgan fingerprint density at radius 2 is 2.14 bits per heavy atom. The van der Waals surface area contributed by atoms with E-state index in [-0.39, 0.29) is 11.9 Å². The van der Waals surface area contributed by atoms with Crippen LogP contribution in [0.5, 0.6) is 0 Å². The fraction of sp³-hybridized carbons (Fsp3) is 0.286. The van der Waals surface area contributed by atoms with Crippen LogP contribution in [0.3, 0.4) is 0 Å². The van der Waals surface area contributed by atoms with Gasteiger partial charge in [0.2, 0.25) is 0 Å². The molecule has 146 valence electrons. The van der Waals surface area contributed by atoms with Crippen LogP contribution < -0.4 is 5.32 Å². The van der Waals surface area contributed by atoms with Gasteiger partial charge in [-0.25, -0.2) is 15.0 Å². The summed E-state index contributed by atoms with van der Waals surface area (Å²) in [5.74, 6) is 1.17. The van der Waals surface area contributed by atoms with Gasteiger partial charge < -0.3 is 14.5 Å². The molecule has 4 aromatic rings. The Kier molecular flexibility index (Phi) is 4.31. The first-order valence-electron chi connectivity index (χ1n) is 9.67. The monoisotopic (exact) mass is 387 g/mol. The SMILES string of the molecule is Cn1ccnc1C(NC(=O)c1cnc2c(c1)ncn2Cc1cccnc1)C1CC1. The topological polar surface area (TPSA) is 90.5 Å². The van der Waals surface area contributed by atoms with Gasteiger partial charge in [0, 0.05) is 38.0 Å². The zero-order chi connectivity index (χ0) is 19.8. The number of amides is 1. The minimum atomic E-state index is -0.152. The number of carbonyl (C=O) groups is 1.